The Morgan fingerprint density at radius 1 is 1.40 bits per heavy atom. The highest BCUT2D eigenvalue weighted by Crippen LogP contribution is 2.34. The van der Waals surface area contributed by atoms with Gasteiger partial charge in [0, 0.05) is 18.6 Å². The second-order valence-corrected chi connectivity index (χ2v) is 4.86. The summed E-state index contributed by atoms with van der Waals surface area (Å²) >= 11 is 0. The number of amides is 2. The zero-order valence-electron chi connectivity index (χ0n) is 10.9. The van der Waals surface area contributed by atoms with E-state index in [1.54, 1.807) is 6.92 Å². The molecule has 2 amide bonds. The minimum Gasteiger partial charge on any atom is -0.326 e. The fraction of sp³-hybridized carbons (Fsp3) is 0.462. The van der Waals surface area contributed by atoms with Crippen LogP contribution in [0.2, 0.25) is 0 Å². The number of halogens is 3. The van der Waals surface area contributed by atoms with Gasteiger partial charge < -0.3 is 16.0 Å². The van der Waals surface area contributed by atoms with E-state index < -0.39 is 17.8 Å². The van der Waals surface area contributed by atoms with Crippen molar-refractivity contribution in [2.24, 2.45) is 5.73 Å². The number of anilines is 1. The number of nitrogens with one attached hydrogen (secondary N) is 1. The van der Waals surface area contributed by atoms with E-state index in [9.17, 15) is 18.0 Å². The van der Waals surface area contributed by atoms with Crippen molar-refractivity contribution < 1.29 is 18.0 Å². The quantitative estimate of drug-likeness (QED) is 0.834. The number of likely N-dealkylation sites (tertiary alicyclic amines) is 1. The molecule has 1 aliphatic heterocycles. The Kier molecular flexibility index (Phi) is 3.89. The van der Waals surface area contributed by atoms with E-state index >= 15 is 0 Å². The third-order valence-electron chi connectivity index (χ3n) is 3.55. The second-order valence-electron chi connectivity index (χ2n) is 4.86. The normalized spacial score (nSPS) is 22.9. The Morgan fingerprint density at radius 3 is 2.60 bits per heavy atom. The molecule has 110 valence electrons. The number of rotatable bonds is 1. The summed E-state index contributed by atoms with van der Waals surface area (Å²) in [5, 5.41) is 2.32. The standard InChI is InChI=1S/C13H16F3N3O/c1-8-10(17)6-7-19(8)12(20)18-11-5-3-2-4-9(11)13(14,15)16/h2-5,8,10H,6-7,17H2,1H3,(H,18,20). The highest BCUT2D eigenvalue weighted by Gasteiger charge is 2.35. The Labute approximate surface area is 114 Å². The van der Waals surface area contributed by atoms with Crippen LogP contribution in [0.5, 0.6) is 0 Å². The molecule has 0 saturated carbocycles. The van der Waals surface area contributed by atoms with Crippen LogP contribution in [0, 0.1) is 0 Å². The number of nitrogens with two attached hydrogens (primary N) is 1. The Hall–Kier alpha value is -1.76. The highest BCUT2D eigenvalue weighted by molar-refractivity contribution is 5.90. The van der Waals surface area contributed by atoms with Gasteiger partial charge in [-0.15, -0.1) is 0 Å². The average Bonchev–Trinajstić information content (AvgIpc) is 2.69. The number of hydrogen-bond acceptors (Lipinski definition) is 2. The van der Waals surface area contributed by atoms with Gasteiger partial charge in [0.25, 0.3) is 0 Å². The van der Waals surface area contributed by atoms with Crippen LogP contribution in [0.15, 0.2) is 24.3 Å². The molecule has 4 nitrogen and oxygen atoms in total. The van der Waals surface area contributed by atoms with Crippen molar-refractivity contribution in [2.75, 3.05) is 11.9 Å². The van der Waals surface area contributed by atoms with Crippen LogP contribution in [0.1, 0.15) is 18.9 Å². The molecular formula is C13H16F3N3O. The molecule has 2 rings (SSSR count). The van der Waals surface area contributed by atoms with Gasteiger partial charge >= 0.3 is 12.2 Å². The van der Waals surface area contributed by atoms with Gasteiger partial charge in [0.15, 0.2) is 0 Å². The summed E-state index contributed by atoms with van der Waals surface area (Å²) in [4.78, 5) is 13.5. The molecule has 0 radical (unpaired) electrons. The summed E-state index contributed by atoms with van der Waals surface area (Å²) in [5.74, 6) is 0. The van der Waals surface area contributed by atoms with Crippen molar-refractivity contribution in [3.8, 4) is 0 Å². The highest BCUT2D eigenvalue weighted by atomic mass is 19.4. The van der Waals surface area contributed by atoms with E-state index in [0.29, 0.717) is 13.0 Å². The summed E-state index contributed by atoms with van der Waals surface area (Å²) in [6.45, 7) is 2.23. The van der Waals surface area contributed by atoms with Crippen molar-refractivity contribution in [3.63, 3.8) is 0 Å². The van der Waals surface area contributed by atoms with Crippen LogP contribution >= 0.6 is 0 Å². The molecule has 0 aliphatic carbocycles. The fourth-order valence-electron chi connectivity index (χ4n) is 2.28. The number of para-hydroxylation sites is 1. The van der Waals surface area contributed by atoms with Crippen LogP contribution in [0.4, 0.5) is 23.7 Å². The number of alkyl halides is 3. The minimum absolute atomic E-state index is 0.140. The molecule has 1 fully saturated rings. The maximum atomic E-state index is 12.8. The molecule has 2 unspecified atom stereocenters. The first-order valence-corrected chi connectivity index (χ1v) is 6.30. The summed E-state index contributed by atoms with van der Waals surface area (Å²) < 4.78 is 38.5. The Balaban J connectivity index is 2.17. The zero-order chi connectivity index (χ0) is 14.9. The van der Waals surface area contributed by atoms with Crippen LogP contribution in [0.25, 0.3) is 0 Å². The van der Waals surface area contributed by atoms with Crippen molar-refractivity contribution in [1.29, 1.82) is 0 Å². The molecule has 20 heavy (non-hydrogen) atoms. The van der Waals surface area contributed by atoms with E-state index in [-0.39, 0.29) is 17.8 Å². The van der Waals surface area contributed by atoms with Crippen molar-refractivity contribution in [1.82, 2.24) is 4.90 Å². The molecule has 1 aliphatic rings. The van der Waals surface area contributed by atoms with Gasteiger partial charge in [-0.3, -0.25) is 0 Å². The predicted molar refractivity (Wildman–Crippen MR) is 69.2 cm³/mol. The lowest BCUT2D eigenvalue weighted by atomic mass is 10.1. The Bertz CT molecular complexity index is 504. The van der Waals surface area contributed by atoms with Gasteiger partial charge in [-0.25, -0.2) is 4.79 Å². The molecule has 3 N–H and O–H groups in total. The average molecular weight is 287 g/mol. The van der Waals surface area contributed by atoms with Gasteiger partial charge in [-0.2, -0.15) is 13.2 Å². The lowest BCUT2D eigenvalue weighted by molar-refractivity contribution is -0.136. The number of carbonyl (C=O) groups is 1. The number of urea groups is 1. The topological polar surface area (TPSA) is 58.4 Å². The minimum atomic E-state index is -4.50. The predicted octanol–water partition coefficient (Wildman–Crippen LogP) is 2.66. The smallest absolute Gasteiger partial charge is 0.326 e. The largest absolute Gasteiger partial charge is 0.418 e. The molecule has 0 aromatic heterocycles. The molecule has 7 heteroatoms. The fourth-order valence-corrected chi connectivity index (χ4v) is 2.28. The van der Waals surface area contributed by atoms with E-state index in [4.69, 9.17) is 5.73 Å². The maximum absolute atomic E-state index is 12.8. The third-order valence-corrected chi connectivity index (χ3v) is 3.55. The van der Waals surface area contributed by atoms with Gasteiger partial charge in [-0.05, 0) is 25.5 Å². The Morgan fingerprint density at radius 2 is 2.05 bits per heavy atom. The maximum Gasteiger partial charge on any atom is 0.418 e. The molecule has 0 spiro atoms. The van der Waals surface area contributed by atoms with Gasteiger partial charge in [0.05, 0.1) is 11.3 Å². The molecule has 0 bridgehead atoms. The molecule has 2 atom stereocenters. The monoisotopic (exact) mass is 287 g/mol. The molecular weight excluding hydrogens is 271 g/mol. The first-order chi connectivity index (χ1) is 9.30. The summed E-state index contributed by atoms with van der Waals surface area (Å²) in [5.41, 5.74) is 4.70. The van der Waals surface area contributed by atoms with Crippen LogP contribution in [-0.2, 0) is 6.18 Å². The number of benzene rings is 1. The van der Waals surface area contributed by atoms with Gasteiger partial charge in [0.2, 0.25) is 0 Å². The summed E-state index contributed by atoms with van der Waals surface area (Å²) in [6.07, 6.45) is -3.85. The van der Waals surface area contributed by atoms with Crippen LogP contribution in [-0.4, -0.2) is 29.6 Å². The van der Waals surface area contributed by atoms with Gasteiger partial charge in [-0.1, -0.05) is 12.1 Å². The van der Waals surface area contributed by atoms with Crippen LogP contribution < -0.4 is 11.1 Å². The summed E-state index contributed by atoms with van der Waals surface area (Å²) in [7, 11) is 0. The SMILES string of the molecule is CC1C(N)CCN1C(=O)Nc1ccccc1C(F)(F)F. The van der Waals surface area contributed by atoms with Crippen molar-refractivity contribution in [3.05, 3.63) is 29.8 Å². The molecule has 1 heterocycles. The lowest BCUT2D eigenvalue weighted by Crippen LogP contribution is -2.42. The first-order valence-electron chi connectivity index (χ1n) is 6.30. The van der Waals surface area contributed by atoms with Crippen LogP contribution in [0.3, 0.4) is 0 Å². The van der Waals surface area contributed by atoms with E-state index in [1.165, 1.54) is 23.1 Å². The number of nitrogens with zero attached hydrogens (tertiary/aromatic N) is 1. The second kappa shape index (κ2) is 5.32. The molecule has 1 aromatic carbocycles. The van der Waals surface area contributed by atoms with E-state index in [2.05, 4.69) is 5.32 Å². The summed E-state index contributed by atoms with van der Waals surface area (Å²) in [6, 6.07) is 4.03. The lowest BCUT2D eigenvalue weighted by Gasteiger charge is -2.24. The van der Waals surface area contributed by atoms with Crippen molar-refractivity contribution >= 4 is 11.7 Å². The first kappa shape index (κ1) is 14.6. The molecule has 1 aromatic rings. The van der Waals surface area contributed by atoms with Crippen molar-refractivity contribution in [2.45, 2.75) is 31.6 Å². The van der Waals surface area contributed by atoms with E-state index in [1.807, 2.05) is 0 Å². The van der Waals surface area contributed by atoms with E-state index in [0.717, 1.165) is 6.07 Å². The number of hydrogen-bond donors (Lipinski definition) is 2. The molecule has 1 saturated heterocycles. The van der Waals surface area contributed by atoms with Gasteiger partial charge in [0.1, 0.15) is 0 Å². The zero-order valence-corrected chi connectivity index (χ0v) is 10.9. The number of carbonyl (C=O) groups excluding carboxylic acids is 1. The third kappa shape index (κ3) is 2.87.